The summed E-state index contributed by atoms with van der Waals surface area (Å²) in [6.07, 6.45) is -5.40. The van der Waals surface area contributed by atoms with E-state index in [2.05, 4.69) is 5.32 Å². The number of benzene rings is 1. The number of anilines is 1. The number of halogens is 4. The minimum Gasteiger partial charge on any atom is -0.391 e. The molecular weight excluding hydrogens is 250 g/mol. The van der Waals surface area contributed by atoms with E-state index in [4.69, 9.17) is 0 Å². The van der Waals surface area contributed by atoms with Gasteiger partial charge in [-0.05, 0) is 24.1 Å². The Bertz CT molecular complexity index is 404. The maximum atomic E-state index is 13.0. The lowest BCUT2D eigenvalue weighted by Gasteiger charge is -2.17. The van der Waals surface area contributed by atoms with Crippen LogP contribution < -0.4 is 5.32 Å². The monoisotopic (exact) mass is 265 g/mol. The van der Waals surface area contributed by atoms with Gasteiger partial charge in [0, 0.05) is 12.2 Å². The van der Waals surface area contributed by atoms with E-state index in [1.54, 1.807) is 13.8 Å². The highest BCUT2D eigenvalue weighted by Gasteiger charge is 2.34. The number of hydrogen-bond acceptors (Lipinski definition) is 2. The fraction of sp³-hybridized carbons (Fsp3) is 0.500. The van der Waals surface area contributed by atoms with Crippen LogP contribution in [0.15, 0.2) is 18.2 Å². The molecule has 0 aliphatic heterocycles. The molecule has 1 aromatic rings. The Morgan fingerprint density at radius 2 is 1.89 bits per heavy atom. The molecule has 2 nitrogen and oxygen atoms in total. The zero-order valence-corrected chi connectivity index (χ0v) is 10.1. The first kappa shape index (κ1) is 14.8. The average molecular weight is 265 g/mol. The molecule has 0 aliphatic rings. The van der Waals surface area contributed by atoms with Crippen LogP contribution in [-0.4, -0.2) is 17.8 Å². The first-order valence-electron chi connectivity index (χ1n) is 5.50. The molecule has 0 bridgehead atoms. The Labute approximate surface area is 103 Å². The second kappa shape index (κ2) is 5.56. The molecule has 2 N–H and O–H groups in total. The van der Waals surface area contributed by atoms with Gasteiger partial charge in [0.1, 0.15) is 5.82 Å². The van der Waals surface area contributed by atoms with Crippen LogP contribution in [0.2, 0.25) is 0 Å². The molecule has 0 fully saturated rings. The van der Waals surface area contributed by atoms with Gasteiger partial charge < -0.3 is 10.4 Å². The van der Waals surface area contributed by atoms with Gasteiger partial charge in [0.2, 0.25) is 0 Å². The van der Waals surface area contributed by atoms with Gasteiger partial charge in [0.15, 0.2) is 0 Å². The highest BCUT2D eigenvalue weighted by atomic mass is 19.4. The Morgan fingerprint density at radius 1 is 1.28 bits per heavy atom. The van der Waals surface area contributed by atoms with Crippen molar-refractivity contribution < 1.29 is 22.7 Å². The van der Waals surface area contributed by atoms with Crippen LogP contribution in [0.5, 0.6) is 0 Å². The van der Waals surface area contributed by atoms with Crippen LogP contribution in [0, 0.1) is 11.7 Å². The van der Waals surface area contributed by atoms with Gasteiger partial charge in [-0.15, -0.1) is 0 Å². The van der Waals surface area contributed by atoms with E-state index in [1.165, 1.54) is 6.07 Å². The first-order valence-corrected chi connectivity index (χ1v) is 5.50. The summed E-state index contributed by atoms with van der Waals surface area (Å²) in [5.74, 6) is -1.32. The highest BCUT2D eigenvalue weighted by Crippen LogP contribution is 2.32. The van der Waals surface area contributed by atoms with Gasteiger partial charge in [-0.25, -0.2) is 4.39 Å². The number of aliphatic hydroxyl groups excluding tert-OH is 1. The van der Waals surface area contributed by atoms with Crippen molar-refractivity contribution in [2.45, 2.75) is 26.1 Å². The van der Waals surface area contributed by atoms with Crippen molar-refractivity contribution in [3.8, 4) is 0 Å². The molecule has 0 aliphatic carbocycles. The second-order valence-corrected chi connectivity index (χ2v) is 4.38. The van der Waals surface area contributed by atoms with Gasteiger partial charge in [-0.3, -0.25) is 0 Å². The molecular formula is C12H15F4NO. The molecule has 0 radical (unpaired) electrons. The SMILES string of the molecule is CC(C)C(O)CNc1ccc(F)c(C(F)(F)F)c1. The van der Waals surface area contributed by atoms with Crippen molar-refractivity contribution in [3.63, 3.8) is 0 Å². The standard InChI is InChI=1S/C12H15F4NO/c1-7(2)11(18)6-17-8-3-4-10(13)9(5-8)12(14,15)16/h3-5,7,11,17-18H,6H2,1-2H3. The lowest BCUT2D eigenvalue weighted by molar-refractivity contribution is -0.139. The van der Waals surface area contributed by atoms with Crippen molar-refractivity contribution in [2.75, 3.05) is 11.9 Å². The van der Waals surface area contributed by atoms with Gasteiger partial charge in [-0.2, -0.15) is 13.2 Å². The number of aliphatic hydroxyl groups is 1. The third kappa shape index (κ3) is 3.87. The van der Waals surface area contributed by atoms with Gasteiger partial charge in [-0.1, -0.05) is 13.8 Å². The number of nitrogens with one attached hydrogen (secondary N) is 1. The molecule has 0 aromatic heterocycles. The number of rotatable bonds is 4. The Balaban J connectivity index is 2.80. The summed E-state index contributed by atoms with van der Waals surface area (Å²) in [5, 5.41) is 12.2. The lowest BCUT2D eigenvalue weighted by Crippen LogP contribution is -2.24. The summed E-state index contributed by atoms with van der Waals surface area (Å²) in [5.41, 5.74) is -1.19. The quantitative estimate of drug-likeness (QED) is 0.819. The van der Waals surface area contributed by atoms with Crippen molar-refractivity contribution in [3.05, 3.63) is 29.6 Å². The zero-order chi connectivity index (χ0) is 13.9. The molecule has 0 amide bonds. The van der Waals surface area contributed by atoms with Crippen molar-refractivity contribution in [1.29, 1.82) is 0 Å². The number of hydrogen-bond donors (Lipinski definition) is 2. The van der Waals surface area contributed by atoms with Crippen LogP contribution in [0.1, 0.15) is 19.4 Å². The molecule has 0 saturated carbocycles. The smallest absolute Gasteiger partial charge is 0.391 e. The molecule has 1 rings (SSSR count). The Morgan fingerprint density at radius 3 is 2.39 bits per heavy atom. The molecule has 102 valence electrons. The summed E-state index contributed by atoms with van der Waals surface area (Å²) in [6, 6.07) is 2.66. The van der Waals surface area contributed by atoms with Crippen LogP contribution in [-0.2, 0) is 6.18 Å². The fourth-order valence-electron chi connectivity index (χ4n) is 1.31. The Kier molecular flexibility index (Phi) is 4.56. The third-order valence-corrected chi connectivity index (χ3v) is 2.56. The predicted octanol–water partition coefficient (Wildman–Crippen LogP) is 3.27. The van der Waals surface area contributed by atoms with Gasteiger partial charge in [0.05, 0.1) is 11.7 Å². The van der Waals surface area contributed by atoms with E-state index in [9.17, 15) is 22.7 Å². The van der Waals surface area contributed by atoms with Gasteiger partial charge in [0.25, 0.3) is 0 Å². The van der Waals surface area contributed by atoms with E-state index in [0.29, 0.717) is 6.07 Å². The van der Waals surface area contributed by atoms with Crippen LogP contribution >= 0.6 is 0 Å². The minimum atomic E-state index is -4.72. The summed E-state index contributed by atoms with van der Waals surface area (Å²) in [4.78, 5) is 0. The molecule has 6 heteroatoms. The van der Waals surface area contributed by atoms with Crippen LogP contribution in [0.3, 0.4) is 0 Å². The van der Waals surface area contributed by atoms with E-state index in [0.717, 1.165) is 6.07 Å². The van der Waals surface area contributed by atoms with E-state index >= 15 is 0 Å². The Hall–Kier alpha value is -1.30. The third-order valence-electron chi connectivity index (χ3n) is 2.56. The maximum absolute atomic E-state index is 13.0. The van der Waals surface area contributed by atoms with Gasteiger partial charge >= 0.3 is 6.18 Å². The zero-order valence-electron chi connectivity index (χ0n) is 10.1. The molecule has 18 heavy (non-hydrogen) atoms. The molecule has 1 atom stereocenters. The lowest BCUT2D eigenvalue weighted by atomic mass is 10.1. The van der Waals surface area contributed by atoms with Crippen LogP contribution in [0.4, 0.5) is 23.2 Å². The first-order chi connectivity index (χ1) is 8.21. The topological polar surface area (TPSA) is 32.3 Å². The summed E-state index contributed by atoms with van der Waals surface area (Å²) in [7, 11) is 0. The molecule has 1 unspecified atom stereocenters. The second-order valence-electron chi connectivity index (χ2n) is 4.38. The van der Waals surface area contributed by atoms with E-state index < -0.39 is 23.7 Å². The van der Waals surface area contributed by atoms with Crippen molar-refractivity contribution in [2.24, 2.45) is 5.92 Å². The van der Waals surface area contributed by atoms with E-state index in [1.807, 2.05) is 0 Å². The largest absolute Gasteiger partial charge is 0.419 e. The van der Waals surface area contributed by atoms with Crippen LogP contribution in [0.25, 0.3) is 0 Å². The molecule has 0 spiro atoms. The maximum Gasteiger partial charge on any atom is 0.419 e. The highest BCUT2D eigenvalue weighted by molar-refractivity contribution is 5.47. The normalized spacial score (nSPS) is 13.8. The summed E-state index contributed by atoms with van der Waals surface area (Å²) >= 11 is 0. The van der Waals surface area contributed by atoms with E-state index in [-0.39, 0.29) is 18.2 Å². The number of alkyl halides is 3. The average Bonchev–Trinajstić information content (AvgIpc) is 2.25. The molecule has 1 aromatic carbocycles. The molecule has 0 saturated heterocycles. The van der Waals surface area contributed by atoms with Crippen molar-refractivity contribution in [1.82, 2.24) is 0 Å². The fourth-order valence-corrected chi connectivity index (χ4v) is 1.31. The predicted molar refractivity (Wildman–Crippen MR) is 60.7 cm³/mol. The molecule has 0 heterocycles. The minimum absolute atomic E-state index is 0.0139. The summed E-state index contributed by atoms with van der Waals surface area (Å²) in [6.45, 7) is 3.69. The van der Waals surface area contributed by atoms with Crippen molar-refractivity contribution >= 4 is 5.69 Å². The summed E-state index contributed by atoms with van der Waals surface area (Å²) < 4.78 is 50.3.